The van der Waals surface area contributed by atoms with Crippen molar-refractivity contribution in [3.8, 4) is 5.75 Å². The molecular formula is C17H22N2OS. The van der Waals surface area contributed by atoms with Crippen molar-refractivity contribution in [3.05, 3.63) is 46.7 Å². The standard InChI is InChI=1S/C17H22N2OS/c1-2-20-16-7-5-15(6-8-16)19-11-13(10-14(18)12-19)17-4-3-9-21-17/h3-9,13-14H,2,10-12,18H2,1H3. The lowest BCUT2D eigenvalue weighted by molar-refractivity contribution is 0.340. The van der Waals surface area contributed by atoms with Gasteiger partial charge in [0.25, 0.3) is 0 Å². The van der Waals surface area contributed by atoms with Gasteiger partial charge in [0.05, 0.1) is 6.61 Å². The maximum absolute atomic E-state index is 6.27. The maximum atomic E-state index is 6.27. The molecule has 1 aliphatic heterocycles. The Hall–Kier alpha value is -1.52. The van der Waals surface area contributed by atoms with E-state index in [0.717, 1.165) is 25.3 Å². The zero-order valence-electron chi connectivity index (χ0n) is 12.4. The average molecular weight is 302 g/mol. The van der Waals surface area contributed by atoms with E-state index in [0.29, 0.717) is 12.5 Å². The molecule has 0 spiro atoms. The van der Waals surface area contributed by atoms with Crippen LogP contribution >= 0.6 is 11.3 Å². The van der Waals surface area contributed by atoms with Crippen LogP contribution in [0.5, 0.6) is 5.75 Å². The van der Waals surface area contributed by atoms with Gasteiger partial charge in [-0.25, -0.2) is 0 Å². The van der Waals surface area contributed by atoms with Gasteiger partial charge in [-0.3, -0.25) is 0 Å². The number of benzene rings is 1. The summed E-state index contributed by atoms with van der Waals surface area (Å²) < 4.78 is 5.51. The third kappa shape index (κ3) is 3.39. The predicted molar refractivity (Wildman–Crippen MR) is 89.5 cm³/mol. The van der Waals surface area contributed by atoms with Crippen LogP contribution in [0.1, 0.15) is 24.1 Å². The summed E-state index contributed by atoms with van der Waals surface area (Å²) in [6, 6.07) is 12.9. The van der Waals surface area contributed by atoms with E-state index < -0.39 is 0 Å². The predicted octanol–water partition coefficient (Wildman–Crippen LogP) is 3.47. The number of ether oxygens (including phenoxy) is 1. The first kappa shape index (κ1) is 14.4. The Morgan fingerprint density at radius 2 is 2.05 bits per heavy atom. The van der Waals surface area contributed by atoms with Crippen LogP contribution in [0.3, 0.4) is 0 Å². The summed E-state index contributed by atoms with van der Waals surface area (Å²) in [5.74, 6) is 1.47. The topological polar surface area (TPSA) is 38.5 Å². The molecular weight excluding hydrogens is 280 g/mol. The molecule has 0 radical (unpaired) electrons. The summed E-state index contributed by atoms with van der Waals surface area (Å²) in [6.07, 6.45) is 1.08. The van der Waals surface area contributed by atoms with Gasteiger partial charge in [-0.2, -0.15) is 0 Å². The second-order valence-corrected chi connectivity index (χ2v) is 6.52. The Balaban J connectivity index is 1.74. The van der Waals surface area contributed by atoms with E-state index in [9.17, 15) is 0 Å². The molecule has 2 heterocycles. The highest BCUT2D eigenvalue weighted by molar-refractivity contribution is 7.10. The number of hydrogen-bond donors (Lipinski definition) is 1. The minimum absolute atomic E-state index is 0.234. The van der Waals surface area contributed by atoms with Crippen LogP contribution in [0.25, 0.3) is 0 Å². The Labute approximate surface area is 130 Å². The van der Waals surface area contributed by atoms with Crippen LogP contribution in [0.4, 0.5) is 5.69 Å². The highest BCUT2D eigenvalue weighted by Crippen LogP contribution is 2.32. The molecule has 112 valence electrons. The minimum Gasteiger partial charge on any atom is -0.494 e. The van der Waals surface area contributed by atoms with Gasteiger partial charge in [0, 0.05) is 35.6 Å². The van der Waals surface area contributed by atoms with Crippen molar-refractivity contribution < 1.29 is 4.74 Å². The minimum atomic E-state index is 0.234. The van der Waals surface area contributed by atoms with E-state index in [-0.39, 0.29) is 6.04 Å². The fourth-order valence-corrected chi connectivity index (χ4v) is 3.83. The van der Waals surface area contributed by atoms with Gasteiger partial charge in [0.1, 0.15) is 5.75 Å². The highest BCUT2D eigenvalue weighted by Gasteiger charge is 2.26. The summed E-state index contributed by atoms with van der Waals surface area (Å²) in [5, 5.41) is 2.15. The molecule has 0 bridgehead atoms. The Morgan fingerprint density at radius 3 is 2.71 bits per heavy atom. The lowest BCUT2D eigenvalue weighted by Gasteiger charge is -2.37. The monoisotopic (exact) mass is 302 g/mol. The third-order valence-corrected chi connectivity index (χ3v) is 4.98. The number of piperidine rings is 1. The van der Waals surface area contributed by atoms with E-state index in [2.05, 4.69) is 34.5 Å². The highest BCUT2D eigenvalue weighted by atomic mass is 32.1. The second-order valence-electron chi connectivity index (χ2n) is 5.54. The molecule has 1 aromatic heterocycles. The first-order valence-corrected chi connectivity index (χ1v) is 8.41. The van der Waals surface area contributed by atoms with Crippen LogP contribution in [0.15, 0.2) is 41.8 Å². The van der Waals surface area contributed by atoms with Crippen molar-refractivity contribution in [2.45, 2.75) is 25.3 Å². The molecule has 2 N–H and O–H groups in total. The molecule has 2 unspecified atom stereocenters. The lowest BCUT2D eigenvalue weighted by atomic mass is 9.93. The molecule has 21 heavy (non-hydrogen) atoms. The maximum Gasteiger partial charge on any atom is 0.119 e. The van der Waals surface area contributed by atoms with Crippen molar-refractivity contribution in [2.24, 2.45) is 5.73 Å². The lowest BCUT2D eigenvalue weighted by Crippen LogP contribution is -2.46. The largest absolute Gasteiger partial charge is 0.494 e. The smallest absolute Gasteiger partial charge is 0.119 e. The SMILES string of the molecule is CCOc1ccc(N2CC(N)CC(c3cccs3)C2)cc1. The normalized spacial score (nSPS) is 22.3. The molecule has 0 saturated carbocycles. The summed E-state index contributed by atoms with van der Waals surface area (Å²) in [7, 11) is 0. The summed E-state index contributed by atoms with van der Waals surface area (Å²) >= 11 is 1.84. The van der Waals surface area contributed by atoms with Crippen LogP contribution in [0, 0.1) is 0 Å². The van der Waals surface area contributed by atoms with Gasteiger partial charge in [-0.05, 0) is 49.1 Å². The van der Waals surface area contributed by atoms with Crippen LogP contribution < -0.4 is 15.4 Å². The first-order chi connectivity index (χ1) is 10.3. The number of rotatable bonds is 4. The Morgan fingerprint density at radius 1 is 1.24 bits per heavy atom. The van der Waals surface area contributed by atoms with E-state index in [1.165, 1.54) is 10.6 Å². The number of anilines is 1. The molecule has 0 amide bonds. The van der Waals surface area contributed by atoms with Gasteiger partial charge in [-0.15, -0.1) is 11.3 Å². The summed E-state index contributed by atoms with van der Waals surface area (Å²) in [4.78, 5) is 3.84. The van der Waals surface area contributed by atoms with Crippen LogP contribution in [-0.4, -0.2) is 25.7 Å². The summed E-state index contributed by atoms with van der Waals surface area (Å²) in [5.41, 5.74) is 7.51. The molecule has 0 aliphatic carbocycles. The fraction of sp³-hybridized carbons (Fsp3) is 0.412. The van der Waals surface area contributed by atoms with Crippen molar-refractivity contribution in [1.29, 1.82) is 0 Å². The molecule has 2 atom stereocenters. The van der Waals surface area contributed by atoms with Gasteiger partial charge >= 0.3 is 0 Å². The van der Waals surface area contributed by atoms with E-state index in [4.69, 9.17) is 10.5 Å². The van der Waals surface area contributed by atoms with E-state index in [1.807, 2.05) is 30.4 Å². The number of thiophene rings is 1. The van der Waals surface area contributed by atoms with Crippen LogP contribution in [0.2, 0.25) is 0 Å². The molecule has 4 heteroatoms. The number of hydrogen-bond acceptors (Lipinski definition) is 4. The van der Waals surface area contributed by atoms with Crippen LogP contribution in [-0.2, 0) is 0 Å². The quantitative estimate of drug-likeness (QED) is 0.940. The zero-order valence-corrected chi connectivity index (χ0v) is 13.2. The molecule has 1 aromatic carbocycles. The first-order valence-electron chi connectivity index (χ1n) is 7.53. The van der Waals surface area contributed by atoms with Gasteiger partial charge in [-0.1, -0.05) is 6.07 Å². The van der Waals surface area contributed by atoms with E-state index >= 15 is 0 Å². The van der Waals surface area contributed by atoms with Crippen molar-refractivity contribution in [2.75, 3.05) is 24.6 Å². The second kappa shape index (κ2) is 6.50. The fourth-order valence-electron chi connectivity index (χ4n) is 3.00. The van der Waals surface area contributed by atoms with Crippen molar-refractivity contribution >= 4 is 17.0 Å². The van der Waals surface area contributed by atoms with Crippen molar-refractivity contribution in [1.82, 2.24) is 0 Å². The number of nitrogens with zero attached hydrogens (tertiary/aromatic N) is 1. The van der Waals surface area contributed by atoms with Crippen molar-refractivity contribution in [3.63, 3.8) is 0 Å². The van der Waals surface area contributed by atoms with Gasteiger partial charge in [0.15, 0.2) is 0 Å². The van der Waals surface area contributed by atoms with Gasteiger partial charge in [0.2, 0.25) is 0 Å². The molecule has 1 fully saturated rings. The molecule has 3 nitrogen and oxygen atoms in total. The Bertz CT molecular complexity index is 553. The average Bonchev–Trinajstić information content (AvgIpc) is 3.02. The third-order valence-electron chi connectivity index (χ3n) is 3.94. The van der Waals surface area contributed by atoms with E-state index in [1.54, 1.807) is 0 Å². The zero-order chi connectivity index (χ0) is 14.7. The molecule has 2 aromatic rings. The van der Waals surface area contributed by atoms with Gasteiger partial charge < -0.3 is 15.4 Å². The number of nitrogens with two attached hydrogens (primary N) is 1. The summed E-state index contributed by atoms with van der Waals surface area (Å²) in [6.45, 7) is 4.68. The molecule has 1 saturated heterocycles. The Kier molecular flexibility index (Phi) is 4.46. The molecule has 3 rings (SSSR count). The molecule has 1 aliphatic rings.